The summed E-state index contributed by atoms with van der Waals surface area (Å²) in [5.74, 6) is 2.00. The lowest BCUT2D eigenvalue weighted by Gasteiger charge is -2.27. The summed E-state index contributed by atoms with van der Waals surface area (Å²) in [5, 5.41) is 13.0. The van der Waals surface area contributed by atoms with Gasteiger partial charge in [0.2, 0.25) is 11.7 Å². The van der Waals surface area contributed by atoms with Gasteiger partial charge in [0.25, 0.3) is 0 Å². The fourth-order valence-corrected chi connectivity index (χ4v) is 3.16. The fraction of sp³-hybridized carbons (Fsp3) is 0.800. The zero-order valence-electron chi connectivity index (χ0n) is 11.9. The average Bonchev–Trinajstić information content (AvgIpc) is 3.14. The Kier molecular flexibility index (Phi) is 4.02. The van der Waals surface area contributed by atoms with Crippen molar-refractivity contribution in [3.8, 4) is 6.07 Å². The van der Waals surface area contributed by atoms with Gasteiger partial charge in [0, 0.05) is 6.61 Å². The van der Waals surface area contributed by atoms with Crippen LogP contribution in [0.4, 0.5) is 0 Å². The van der Waals surface area contributed by atoms with Crippen LogP contribution < -0.4 is 0 Å². The topological polar surface area (TPSA) is 71.9 Å². The van der Waals surface area contributed by atoms with Crippen molar-refractivity contribution in [1.82, 2.24) is 10.1 Å². The Labute approximate surface area is 119 Å². The zero-order valence-corrected chi connectivity index (χ0v) is 11.9. The molecule has 1 heterocycles. The first-order chi connectivity index (χ1) is 9.83. The van der Waals surface area contributed by atoms with Gasteiger partial charge >= 0.3 is 0 Å². The molecule has 1 aromatic rings. The van der Waals surface area contributed by atoms with Crippen molar-refractivity contribution >= 4 is 0 Å². The maximum Gasteiger partial charge on any atom is 0.231 e. The SMILES string of the molecule is CCOC(c1noc(C2CC2C#N)n1)C1CCCCC1. The Balaban J connectivity index is 1.72. The first kappa shape index (κ1) is 13.6. The van der Waals surface area contributed by atoms with Gasteiger partial charge in [-0.3, -0.25) is 0 Å². The number of ether oxygens (including phenoxy) is 1. The van der Waals surface area contributed by atoms with Crippen LogP contribution in [0.3, 0.4) is 0 Å². The Morgan fingerprint density at radius 1 is 1.40 bits per heavy atom. The van der Waals surface area contributed by atoms with E-state index >= 15 is 0 Å². The summed E-state index contributed by atoms with van der Waals surface area (Å²) in [6, 6.07) is 2.26. The Morgan fingerprint density at radius 2 is 2.20 bits per heavy atom. The zero-order chi connectivity index (χ0) is 13.9. The monoisotopic (exact) mass is 275 g/mol. The highest BCUT2D eigenvalue weighted by atomic mass is 16.5. The molecule has 2 saturated carbocycles. The molecule has 3 atom stereocenters. The summed E-state index contributed by atoms with van der Waals surface area (Å²) >= 11 is 0. The largest absolute Gasteiger partial charge is 0.370 e. The lowest BCUT2D eigenvalue weighted by molar-refractivity contribution is -0.00145. The molecular weight excluding hydrogens is 254 g/mol. The van der Waals surface area contributed by atoms with Gasteiger partial charge in [-0.2, -0.15) is 10.2 Å². The highest BCUT2D eigenvalue weighted by Gasteiger charge is 2.43. The van der Waals surface area contributed by atoms with Gasteiger partial charge in [-0.15, -0.1) is 0 Å². The molecule has 5 nitrogen and oxygen atoms in total. The molecule has 3 unspecified atom stereocenters. The van der Waals surface area contributed by atoms with Gasteiger partial charge in [-0.1, -0.05) is 24.4 Å². The fourth-order valence-electron chi connectivity index (χ4n) is 3.16. The molecule has 0 spiro atoms. The quantitative estimate of drug-likeness (QED) is 0.824. The van der Waals surface area contributed by atoms with Gasteiger partial charge in [-0.25, -0.2) is 0 Å². The standard InChI is InChI=1S/C15H21N3O2/c1-2-19-13(10-6-4-3-5-7-10)14-17-15(20-18-14)12-8-11(12)9-16/h10-13H,2-8H2,1H3. The molecule has 0 aromatic carbocycles. The molecule has 5 heteroatoms. The first-order valence-corrected chi connectivity index (χ1v) is 7.68. The Bertz CT molecular complexity index is 488. The molecule has 0 radical (unpaired) electrons. The molecule has 0 saturated heterocycles. The minimum absolute atomic E-state index is 0.0444. The Hall–Kier alpha value is -1.41. The van der Waals surface area contributed by atoms with E-state index in [9.17, 15) is 0 Å². The van der Waals surface area contributed by atoms with E-state index in [0.717, 1.165) is 6.42 Å². The number of hydrogen-bond donors (Lipinski definition) is 0. The van der Waals surface area contributed by atoms with Crippen molar-refractivity contribution in [2.45, 2.75) is 57.5 Å². The summed E-state index contributed by atoms with van der Waals surface area (Å²) in [6.45, 7) is 2.67. The van der Waals surface area contributed by atoms with Crippen molar-refractivity contribution in [3.63, 3.8) is 0 Å². The van der Waals surface area contributed by atoms with Crippen LogP contribution in [0.15, 0.2) is 4.52 Å². The highest BCUT2D eigenvalue weighted by Crippen LogP contribution is 2.46. The van der Waals surface area contributed by atoms with Crippen LogP contribution in [-0.4, -0.2) is 16.7 Å². The summed E-state index contributed by atoms with van der Waals surface area (Å²) in [5.41, 5.74) is 0. The third-order valence-corrected chi connectivity index (χ3v) is 4.41. The number of nitrogens with zero attached hydrogens (tertiary/aromatic N) is 3. The van der Waals surface area contributed by atoms with E-state index in [4.69, 9.17) is 14.5 Å². The molecular formula is C15H21N3O2. The molecule has 0 amide bonds. The number of hydrogen-bond acceptors (Lipinski definition) is 5. The predicted octanol–water partition coefficient (Wildman–Crippen LogP) is 3.35. The molecule has 2 fully saturated rings. The highest BCUT2D eigenvalue weighted by molar-refractivity contribution is 5.15. The second kappa shape index (κ2) is 5.92. The molecule has 2 aliphatic carbocycles. The first-order valence-electron chi connectivity index (χ1n) is 7.68. The van der Waals surface area contributed by atoms with E-state index in [2.05, 4.69) is 16.2 Å². The lowest BCUT2D eigenvalue weighted by atomic mass is 9.85. The third kappa shape index (κ3) is 2.71. The van der Waals surface area contributed by atoms with Gasteiger partial charge < -0.3 is 9.26 Å². The minimum Gasteiger partial charge on any atom is -0.370 e. The van der Waals surface area contributed by atoms with Gasteiger partial charge in [0.15, 0.2) is 0 Å². The molecule has 0 N–H and O–H groups in total. The van der Waals surface area contributed by atoms with Crippen LogP contribution in [-0.2, 0) is 4.74 Å². The van der Waals surface area contributed by atoms with E-state index in [1.807, 2.05) is 6.92 Å². The van der Waals surface area contributed by atoms with Crippen molar-refractivity contribution < 1.29 is 9.26 Å². The van der Waals surface area contributed by atoms with Crippen LogP contribution in [0.25, 0.3) is 0 Å². The van der Waals surface area contributed by atoms with Crippen molar-refractivity contribution in [2.24, 2.45) is 11.8 Å². The van der Waals surface area contributed by atoms with Crippen molar-refractivity contribution in [2.75, 3.05) is 6.61 Å². The van der Waals surface area contributed by atoms with E-state index in [1.54, 1.807) is 0 Å². The maximum atomic E-state index is 8.88. The minimum atomic E-state index is -0.0444. The third-order valence-electron chi connectivity index (χ3n) is 4.41. The predicted molar refractivity (Wildman–Crippen MR) is 71.7 cm³/mol. The van der Waals surface area contributed by atoms with E-state index in [0.29, 0.717) is 24.2 Å². The van der Waals surface area contributed by atoms with Crippen LogP contribution in [0, 0.1) is 23.2 Å². The maximum absolute atomic E-state index is 8.88. The molecule has 0 bridgehead atoms. The lowest BCUT2D eigenvalue weighted by Crippen LogP contribution is -2.20. The molecule has 108 valence electrons. The molecule has 2 aliphatic rings. The normalized spacial score (nSPS) is 28.0. The molecule has 1 aromatic heterocycles. The van der Waals surface area contributed by atoms with E-state index < -0.39 is 0 Å². The summed E-state index contributed by atoms with van der Waals surface area (Å²) in [7, 11) is 0. The Morgan fingerprint density at radius 3 is 2.85 bits per heavy atom. The van der Waals surface area contributed by atoms with Crippen LogP contribution in [0.1, 0.15) is 69.2 Å². The van der Waals surface area contributed by atoms with Crippen LogP contribution >= 0.6 is 0 Å². The van der Waals surface area contributed by atoms with Crippen LogP contribution in [0.2, 0.25) is 0 Å². The van der Waals surface area contributed by atoms with Gasteiger partial charge in [0.1, 0.15) is 6.10 Å². The van der Waals surface area contributed by atoms with Crippen LogP contribution in [0.5, 0.6) is 0 Å². The van der Waals surface area contributed by atoms with Gasteiger partial charge in [-0.05, 0) is 32.1 Å². The summed E-state index contributed by atoms with van der Waals surface area (Å²) < 4.78 is 11.2. The number of nitriles is 1. The number of rotatable bonds is 5. The van der Waals surface area contributed by atoms with Crippen molar-refractivity contribution in [3.05, 3.63) is 11.7 Å². The smallest absolute Gasteiger partial charge is 0.231 e. The average molecular weight is 275 g/mol. The van der Waals surface area contributed by atoms with E-state index in [-0.39, 0.29) is 17.9 Å². The molecule has 3 rings (SSSR count). The second-order valence-corrected chi connectivity index (χ2v) is 5.84. The summed E-state index contributed by atoms with van der Waals surface area (Å²) in [4.78, 5) is 4.51. The van der Waals surface area contributed by atoms with Crippen molar-refractivity contribution in [1.29, 1.82) is 5.26 Å². The summed E-state index contributed by atoms with van der Waals surface area (Å²) in [6.07, 6.45) is 7.00. The molecule has 20 heavy (non-hydrogen) atoms. The van der Waals surface area contributed by atoms with E-state index in [1.165, 1.54) is 32.1 Å². The molecule has 0 aliphatic heterocycles. The second-order valence-electron chi connectivity index (χ2n) is 5.84. The number of aromatic nitrogens is 2. The van der Waals surface area contributed by atoms with Gasteiger partial charge in [0.05, 0.1) is 17.9 Å².